The van der Waals surface area contributed by atoms with Crippen molar-refractivity contribution in [3.63, 3.8) is 0 Å². The van der Waals surface area contributed by atoms with Crippen LogP contribution in [0.15, 0.2) is 34.7 Å². The van der Waals surface area contributed by atoms with Crippen LogP contribution < -0.4 is 5.73 Å². The molecule has 16 heavy (non-hydrogen) atoms. The standard InChI is InChI=1S/C11H8ClN3O/c12-9-5-4-8(16-9)11-14-7-3-1-2-6(13)10(7)15-11/h1-5H,13H2,(H,14,15). The molecule has 0 spiro atoms. The highest BCUT2D eigenvalue weighted by molar-refractivity contribution is 6.28. The second-order valence-electron chi connectivity index (χ2n) is 3.43. The summed E-state index contributed by atoms with van der Waals surface area (Å²) >= 11 is 5.71. The molecule has 0 radical (unpaired) electrons. The predicted molar refractivity (Wildman–Crippen MR) is 63.2 cm³/mol. The van der Waals surface area contributed by atoms with E-state index in [0.29, 0.717) is 22.5 Å². The van der Waals surface area contributed by atoms with Crippen LogP contribution in [0.2, 0.25) is 5.22 Å². The summed E-state index contributed by atoms with van der Waals surface area (Å²) in [5.41, 5.74) is 8.07. The molecule has 3 rings (SSSR count). The van der Waals surface area contributed by atoms with Crippen molar-refractivity contribution in [3.8, 4) is 11.6 Å². The number of nitrogen functional groups attached to an aromatic ring is 1. The molecule has 0 saturated heterocycles. The van der Waals surface area contributed by atoms with Gasteiger partial charge < -0.3 is 15.1 Å². The van der Waals surface area contributed by atoms with E-state index in [0.717, 1.165) is 11.0 Å². The molecule has 0 saturated carbocycles. The number of halogens is 1. The Hall–Kier alpha value is -1.94. The van der Waals surface area contributed by atoms with Gasteiger partial charge in [-0.1, -0.05) is 6.07 Å². The SMILES string of the molecule is Nc1cccc2[nH]c(-c3ccc(Cl)o3)nc12. The van der Waals surface area contributed by atoms with Gasteiger partial charge >= 0.3 is 0 Å². The smallest absolute Gasteiger partial charge is 0.194 e. The zero-order chi connectivity index (χ0) is 11.1. The molecule has 5 heteroatoms. The third kappa shape index (κ3) is 1.35. The van der Waals surface area contributed by atoms with Crippen LogP contribution in [-0.4, -0.2) is 9.97 Å². The Morgan fingerprint density at radius 2 is 2.12 bits per heavy atom. The minimum Gasteiger partial charge on any atom is -0.441 e. The quantitative estimate of drug-likeness (QED) is 0.635. The summed E-state index contributed by atoms with van der Waals surface area (Å²) in [4.78, 5) is 7.49. The fourth-order valence-electron chi connectivity index (χ4n) is 1.61. The van der Waals surface area contributed by atoms with E-state index >= 15 is 0 Å². The number of aromatic nitrogens is 2. The topological polar surface area (TPSA) is 67.8 Å². The molecule has 0 bridgehead atoms. The lowest BCUT2D eigenvalue weighted by Gasteiger charge is -1.90. The molecule has 0 aliphatic heterocycles. The van der Waals surface area contributed by atoms with Gasteiger partial charge in [-0.15, -0.1) is 0 Å². The summed E-state index contributed by atoms with van der Waals surface area (Å²) in [5, 5.41) is 0.337. The van der Waals surface area contributed by atoms with E-state index in [2.05, 4.69) is 9.97 Å². The van der Waals surface area contributed by atoms with Gasteiger partial charge in [-0.25, -0.2) is 4.98 Å². The molecular formula is C11H8ClN3O. The van der Waals surface area contributed by atoms with Crippen LogP contribution in [0, 0.1) is 0 Å². The molecule has 0 aliphatic carbocycles. The number of hydrogen-bond acceptors (Lipinski definition) is 3. The highest BCUT2D eigenvalue weighted by atomic mass is 35.5. The maximum Gasteiger partial charge on any atom is 0.194 e. The number of rotatable bonds is 1. The van der Waals surface area contributed by atoms with Crippen molar-refractivity contribution in [2.75, 3.05) is 5.73 Å². The van der Waals surface area contributed by atoms with Crippen molar-refractivity contribution in [2.45, 2.75) is 0 Å². The molecule has 0 amide bonds. The summed E-state index contributed by atoms with van der Waals surface area (Å²) in [7, 11) is 0. The molecule has 4 nitrogen and oxygen atoms in total. The number of anilines is 1. The van der Waals surface area contributed by atoms with Crippen LogP contribution >= 0.6 is 11.6 Å². The van der Waals surface area contributed by atoms with E-state index in [-0.39, 0.29) is 0 Å². The molecule has 3 N–H and O–H groups in total. The zero-order valence-electron chi connectivity index (χ0n) is 8.20. The maximum atomic E-state index is 5.81. The number of nitrogens with two attached hydrogens (primary N) is 1. The lowest BCUT2D eigenvalue weighted by atomic mass is 10.3. The van der Waals surface area contributed by atoms with Crippen molar-refractivity contribution in [3.05, 3.63) is 35.6 Å². The Bertz CT molecular complexity index is 656. The summed E-state index contributed by atoms with van der Waals surface area (Å²) in [6, 6.07) is 9.02. The second-order valence-corrected chi connectivity index (χ2v) is 3.81. The van der Waals surface area contributed by atoms with Gasteiger partial charge in [0.1, 0.15) is 5.52 Å². The van der Waals surface area contributed by atoms with Crippen molar-refractivity contribution in [1.29, 1.82) is 0 Å². The Morgan fingerprint density at radius 1 is 1.25 bits per heavy atom. The second kappa shape index (κ2) is 3.28. The van der Waals surface area contributed by atoms with Crippen molar-refractivity contribution in [2.24, 2.45) is 0 Å². The molecule has 0 fully saturated rings. The third-order valence-electron chi connectivity index (χ3n) is 2.35. The van der Waals surface area contributed by atoms with E-state index in [1.807, 2.05) is 18.2 Å². The number of furan rings is 1. The van der Waals surface area contributed by atoms with Gasteiger partial charge in [-0.2, -0.15) is 0 Å². The molecule has 80 valence electrons. The number of imidazole rings is 1. The van der Waals surface area contributed by atoms with Gasteiger partial charge in [0.05, 0.1) is 11.2 Å². The average Bonchev–Trinajstić information content (AvgIpc) is 2.84. The molecule has 1 aromatic carbocycles. The Morgan fingerprint density at radius 3 is 2.81 bits per heavy atom. The van der Waals surface area contributed by atoms with E-state index < -0.39 is 0 Å². The normalized spacial score (nSPS) is 11.1. The van der Waals surface area contributed by atoms with E-state index in [1.54, 1.807) is 12.1 Å². The fourth-order valence-corrected chi connectivity index (χ4v) is 1.76. The van der Waals surface area contributed by atoms with Crippen LogP contribution in [0.3, 0.4) is 0 Å². The lowest BCUT2D eigenvalue weighted by molar-refractivity contribution is 0.580. The summed E-state index contributed by atoms with van der Waals surface area (Å²) in [6.07, 6.45) is 0. The van der Waals surface area contributed by atoms with Gasteiger partial charge in [0.15, 0.2) is 16.8 Å². The van der Waals surface area contributed by atoms with Crippen molar-refractivity contribution in [1.82, 2.24) is 9.97 Å². The Kier molecular flexibility index (Phi) is 1.91. The maximum absolute atomic E-state index is 5.81. The number of H-pyrrole nitrogens is 1. The average molecular weight is 234 g/mol. The molecular weight excluding hydrogens is 226 g/mol. The molecule has 0 aliphatic rings. The molecule has 0 unspecified atom stereocenters. The first-order valence-corrected chi connectivity index (χ1v) is 5.12. The number of nitrogens with one attached hydrogen (secondary N) is 1. The van der Waals surface area contributed by atoms with Gasteiger partial charge in [0.2, 0.25) is 0 Å². The first kappa shape index (κ1) is 9.30. The molecule has 0 atom stereocenters. The van der Waals surface area contributed by atoms with Crippen LogP contribution in [0.1, 0.15) is 0 Å². The van der Waals surface area contributed by atoms with Crippen LogP contribution in [-0.2, 0) is 0 Å². The van der Waals surface area contributed by atoms with Crippen LogP contribution in [0.4, 0.5) is 5.69 Å². The highest BCUT2D eigenvalue weighted by Gasteiger charge is 2.10. The zero-order valence-corrected chi connectivity index (χ0v) is 8.95. The highest BCUT2D eigenvalue weighted by Crippen LogP contribution is 2.26. The summed E-state index contributed by atoms with van der Waals surface area (Å²) < 4.78 is 5.27. The number of nitrogens with zero attached hydrogens (tertiary/aromatic N) is 1. The van der Waals surface area contributed by atoms with Gasteiger partial charge in [0.25, 0.3) is 0 Å². The van der Waals surface area contributed by atoms with Gasteiger partial charge in [0, 0.05) is 0 Å². The number of para-hydroxylation sites is 1. The number of fused-ring (bicyclic) bond motifs is 1. The first-order valence-electron chi connectivity index (χ1n) is 4.74. The van der Waals surface area contributed by atoms with Crippen LogP contribution in [0.25, 0.3) is 22.6 Å². The van der Waals surface area contributed by atoms with E-state index in [4.69, 9.17) is 21.8 Å². The van der Waals surface area contributed by atoms with Crippen molar-refractivity contribution >= 4 is 28.3 Å². The largest absolute Gasteiger partial charge is 0.441 e. The van der Waals surface area contributed by atoms with Gasteiger partial charge in [-0.3, -0.25) is 0 Å². The first-order chi connectivity index (χ1) is 7.74. The molecule has 3 aromatic rings. The van der Waals surface area contributed by atoms with Crippen molar-refractivity contribution < 1.29 is 4.42 Å². The monoisotopic (exact) mass is 233 g/mol. The minimum absolute atomic E-state index is 0.337. The Labute approximate surface area is 96.0 Å². The lowest BCUT2D eigenvalue weighted by Crippen LogP contribution is -1.84. The minimum atomic E-state index is 0.337. The fraction of sp³-hybridized carbons (Fsp3) is 0. The molecule has 2 heterocycles. The Balaban J connectivity index is 2.22. The van der Waals surface area contributed by atoms with Gasteiger partial charge in [-0.05, 0) is 35.9 Å². The number of aromatic amines is 1. The number of hydrogen-bond donors (Lipinski definition) is 2. The molecule has 2 aromatic heterocycles. The van der Waals surface area contributed by atoms with Crippen LogP contribution in [0.5, 0.6) is 0 Å². The van der Waals surface area contributed by atoms with E-state index in [1.165, 1.54) is 0 Å². The summed E-state index contributed by atoms with van der Waals surface area (Å²) in [5.74, 6) is 1.22. The predicted octanol–water partition coefficient (Wildman–Crippen LogP) is 3.06. The number of benzene rings is 1. The summed E-state index contributed by atoms with van der Waals surface area (Å²) in [6.45, 7) is 0. The van der Waals surface area contributed by atoms with E-state index in [9.17, 15) is 0 Å². The third-order valence-corrected chi connectivity index (χ3v) is 2.55.